The molecule has 26 heavy (non-hydrogen) atoms. The Hall–Kier alpha value is -2.37. The van der Waals surface area contributed by atoms with Gasteiger partial charge < -0.3 is 5.32 Å². The average molecular weight is 391 g/mol. The Bertz CT molecular complexity index is 863. The summed E-state index contributed by atoms with van der Waals surface area (Å²) in [6.07, 6.45) is 0.510. The van der Waals surface area contributed by atoms with Crippen LogP contribution in [0, 0.1) is 0 Å². The standard InChI is InChI=1S/C19H16Cl2N2O3/c1-11(23-18(25)14-4-2-3-5-15(14)19(23)26)17(24)22-9-8-12-6-7-13(20)10-16(12)21/h2-7,10-11H,8-9H2,1H3,(H,22,24)/t11-/m0/s1. The Morgan fingerprint density at radius 2 is 1.69 bits per heavy atom. The lowest BCUT2D eigenvalue weighted by atomic mass is 10.1. The molecular weight excluding hydrogens is 375 g/mol. The van der Waals surface area contributed by atoms with Crippen LogP contribution in [-0.2, 0) is 11.2 Å². The minimum Gasteiger partial charge on any atom is -0.354 e. The van der Waals surface area contributed by atoms with E-state index in [0.29, 0.717) is 34.1 Å². The number of nitrogens with zero attached hydrogens (tertiary/aromatic N) is 1. The van der Waals surface area contributed by atoms with E-state index >= 15 is 0 Å². The highest BCUT2D eigenvalue weighted by Crippen LogP contribution is 2.24. The monoisotopic (exact) mass is 390 g/mol. The summed E-state index contributed by atoms with van der Waals surface area (Å²) in [6.45, 7) is 1.86. The van der Waals surface area contributed by atoms with Crippen molar-refractivity contribution < 1.29 is 14.4 Å². The average Bonchev–Trinajstić information content (AvgIpc) is 2.87. The van der Waals surface area contributed by atoms with Crippen LogP contribution in [0.1, 0.15) is 33.2 Å². The molecule has 1 N–H and O–H groups in total. The normalized spacial score (nSPS) is 14.3. The lowest BCUT2D eigenvalue weighted by Gasteiger charge is -2.21. The molecule has 0 bridgehead atoms. The topological polar surface area (TPSA) is 66.5 Å². The zero-order chi connectivity index (χ0) is 18.8. The fourth-order valence-corrected chi connectivity index (χ4v) is 3.37. The van der Waals surface area contributed by atoms with Gasteiger partial charge in [0.05, 0.1) is 11.1 Å². The maximum absolute atomic E-state index is 12.4. The summed E-state index contributed by atoms with van der Waals surface area (Å²) in [6, 6.07) is 10.8. The van der Waals surface area contributed by atoms with Gasteiger partial charge in [0.2, 0.25) is 5.91 Å². The van der Waals surface area contributed by atoms with E-state index < -0.39 is 23.8 Å². The van der Waals surface area contributed by atoms with Gasteiger partial charge in [0.25, 0.3) is 11.8 Å². The van der Waals surface area contributed by atoms with Crippen LogP contribution in [0.3, 0.4) is 0 Å². The largest absolute Gasteiger partial charge is 0.354 e. The summed E-state index contributed by atoms with van der Waals surface area (Å²) in [4.78, 5) is 38.2. The van der Waals surface area contributed by atoms with Crippen molar-refractivity contribution in [3.63, 3.8) is 0 Å². The number of carbonyl (C=O) groups is 3. The molecule has 2 aromatic rings. The molecule has 5 nitrogen and oxygen atoms in total. The Labute approximate surface area is 160 Å². The van der Waals surface area contributed by atoms with E-state index in [4.69, 9.17) is 23.2 Å². The second-order valence-electron chi connectivity index (χ2n) is 5.98. The van der Waals surface area contributed by atoms with E-state index in [1.807, 2.05) is 0 Å². The van der Waals surface area contributed by atoms with Gasteiger partial charge in [-0.1, -0.05) is 41.4 Å². The quantitative estimate of drug-likeness (QED) is 0.796. The Morgan fingerprint density at radius 1 is 1.08 bits per heavy atom. The van der Waals surface area contributed by atoms with E-state index in [9.17, 15) is 14.4 Å². The fraction of sp³-hybridized carbons (Fsp3) is 0.211. The molecule has 2 aromatic carbocycles. The Balaban J connectivity index is 1.62. The number of fused-ring (bicyclic) bond motifs is 1. The molecule has 1 aliphatic heterocycles. The molecule has 3 rings (SSSR count). The molecule has 7 heteroatoms. The lowest BCUT2D eigenvalue weighted by molar-refractivity contribution is -0.124. The Morgan fingerprint density at radius 3 is 2.27 bits per heavy atom. The molecule has 134 valence electrons. The van der Waals surface area contributed by atoms with Crippen molar-refractivity contribution >= 4 is 40.9 Å². The number of halogens is 2. The minimum absolute atomic E-state index is 0.324. The summed E-state index contributed by atoms with van der Waals surface area (Å²) < 4.78 is 0. The van der Waals surface area contributed by atoms with E-state index in [1.165, 1.54) is 6.92 Å². The summed E-state index contributed by atoms with van der Waals surface area (Å²) in [7, 11) is 0. The molecule has 0 saturated heterocycles. The lowest BCUT2D eigenvalue weighted by Crippen LogP contribution is -2.48. The third-order valence-corrected chi connectivity index (χ3v) is 4.89. The first-order chi connectivity index (χ1) is 12.4. The van der Waals surface area contributed by atoms with Crippen molar-refractivity contribution in [1.29, 1.82) is 0 Å². The number of benzene rings is 2. The van der Waals surface area contributed by atoms with Gasteiger partial charge in [-0.15, -0.1) is 0 Å². The van der Waals surface area contributed by atoms with E-state index in [1.54, 1.807) is 42.5 Å². The molecule has 1 aliphatic rings. The maximum atomic E-state index is 12.4. The first-order valence-electron chi connectivity index (χ1n) is 8.08. The highest BCUT2D eigenvalue weighted by Gasteiger charge is 2.40. The molecule has 0 fully saturated rings. The zero-order valence-electron chi connectivity index (χ0n) is 14.0. The van der Waals surface area contributed by atoms with Gasteiger partial charge in [0, 0.05) is 16.6 Å². The highest BCUT2D eigenvalue weighted by atomic mass is 35.5. The van der Waals surface area contributed by atoms with E-state index in [-0.39, 0.29) is 0 Å². The molecule has 1 atom stereocenters. The van der Waals surface area contributed by atoms with Gasteiger partial charge >= 0.3 is 0 Å². The summed E-state index contributed by atoms with van der Waals surface area (Å²) in [5, 5.41) is 3.81. The smallest absolute Gasteiger partial charge is 0.262 e. The number of amides is 3. The highest BCUT2D eigenvalue weighted by molar-refractivity contribution is 6.35. The predicted octanol–water partition coefficient (Wildman–Crippen LogP) is 3.34. The maximum Gasteiger partial charge on any atom is 0.262 e. The van der Waals surface area contributed by atoms with Crippen molar-refractivity contribution in [2.24, 2.45) is 0 Å². The first-order valence-corrected chi connectivity index (χ1v) is 8.84. The van der Waals surface area contributed by atoms with Crippen LogP contribution in [-0.4, -0.2) is 35.2 Å². The van der Waals surface area contributed by atoms with E-state index in [2.05, 4.69) is 5.32 Å². The molecule has 1 heterocycles. The van der Waals surface area contributed by atoms with Gasteiger partial charge in [0.1, 0.15) is 6.04 Å². The number of nitrogens with one attached hydrogen (secondary N) is 1. The van der Waals surface area contributed by atoms with Crippen molar-refractivity contribution in [2.45, 2.75) is 19.4 Å². The summed E-state index contributed by atoms with van der Waals surface area (Å²) in [5.74, 6) is -1.30. The SMILES string of the molecule is C[C@@H](C(=O)NCCc1ccc(Cl)cc1Cl)N1C(=O)c2ccccc2C1=O. The van der Waals surface area contributed by atoms with E-state index in [0.717, 1.165) is 10.5 Å². The van der Waals surface area contributed by atoms with Crippen LogP contribution < -0.4 is 5.32 Å². The fourth-order valence-electron chi connectivity index (χ4n) is 2.87. The van der Waals surface area contributed by atoms with Crippen LogP contribution in [0.25, 0.3) is 0 Å². The molecule has 0 saturated carbocycles. The summed E-state index contributed by atoms with van der Waals surface area (Å²) in [5.41, 5.74) is 1.50. The van der Waals surface area contributed by atoms with Gasteiger partial charge in [-0.25, -0.2) is 0 Å². The second-order valence-corrected chi connectivity index (χ2v) is 6.82. The van der Waals surface area contributed by atoms with Gasteiger partial charge in [-0.3, -0.25) is 19.3 Å². The summed E-state index contributed by atoms with van der Waals surface area (Å²) >= 11 is 12.0. The number of rotatable bonds is 5. The van der Waals surface area contributed by atoms with Crippen LogP contribution in [0.4, 0.5) is 0 Å². The molecule has 0 unspecified atom stereocenters. The van der Waals surface area contributed by atoms with Crippen molar-refractivity contribution in [3.05, 3.63) is 69.2 Å². The number of imide groups is 1. The third kappa shape index (κ3) is 3.45. The van der Waals surface area contributed by atoms with Crippen molar-refractivity contribution in [1.82, 2.24) is 10.2 Å². The molecular formula is C19H16Cl2N2O3. The number of hydrogen-bond acceptors (Lipinski definition) is 3. The van der Waals surface area contributed by atoms with Crippen LogP contribution >= 0.6 is 23.2 Å². The molecule has 0 spiro atoms. The second kappa shape index (κ2) is 7.48. The molecule has 3 amide bonds. The van der Waals surface area contributed by atoms with Gasteiger partial charge in [-0.05, 0) is 43.2 Å². The van der Waals surface area contributed by atoms with Gasteiger partial charge in [-0.2, -0.15) is 0 Å². The van der Waals surface area contributed by atoms with Crippen LogP contribution in [0.15, 0.2) is 42.5 Å². The van der Waals surface area contributed by atoms with Crippen LogP contribution in [0.5, 0.6) is 0 Å². The minimum atomic E-state index is -0.900. The van der Waals surface area contributed by atoms with Crippen LogP contribution in [0.2, 0.25) is 10.0 Å². The van der Waals surface area contributed by atoms with Gasteiger partial charge in [0.15, 0.2) is 0 Å². The van der Waals surface area contributed by atoms with Crippen molar-refractivity contribution in [2.75, 3.05) is 6.54 Å². The molecule has 0 aromatic heterocycles. The number of carbonyl (C=O) groups excluding carboxylic acids is 3. The predicted molar refractivity (Wildman–Crippen MR) is 99.6 cm³/mol. The molecule has 0 radical (unpaired) electrons. The number of hydrogen-bond donors (Lipinski definition) is 1. The zero-order valence-corrected chi connectivity index (χ0v) is 15.5. The first kappa shape index (κ1) is 18.4. The van der Waals surface area contributed by atoms with Crippen molar-refractivity contribution in [3.8, 4) is 0 Å². The molecule has 0 aliphatic carbocycles. The Kier molecular flexibility index (Phi) is 5.30. The third-order valence-electron chi connectivity index (χ3n) is 4.30.